The molecule has 0 aromatic heterocycles. The van der Waals surface area contributed by atoms with Crippen LogP contribution in [0.3, 0.4) is 0 Å². The van der Waals surface area contributed by atoms with E-state index in [4.69, 9.17) is 0 Å². The summed E-state index contributed by atoms with van der Waals surface area (Å²) in [7, 11) is 0. The molecule has 4 heteroatoms. The van der Waals surface area contributed by atoms with Crippen molar-refractivity contribution in [2.75, 3.05) is 6.54 Å². The molecule has 3 nitrogen and oxygen atoms in total. The molecular formula is C17H21NO2S. The molecule has 1 saturated heterocycles. The zero-order chi connectivity index (χ0) is 15.4. The number of hydrogen-bond donors (Lipinski definition) is 0. The van der Waals surface area contributed by atoms with E-state index >= 15 is 0 Å². The van der Waals surface area contributed by atoms with Gasteiger partial charge in [0.25, 0.3) is 11.1 Å². The molecule has 1 heterocycles. The highest BCUT2D eigenvalue weighted by molar-refractivity contribution is 8.18. The standard InChI is InChI=1S/C17H21NO2S/c1-4-5-10-18-16(19)15(21-17(18)20)11-13-6-8-14(9-7-13)12(2)3/h6-9,11-12H,4-5,10H2,1-3H3/b15-11-. The van der Waals surface area contributed by atoms with Gasteiger partial charge in [0.15, 0.2) is 0 Å². The number of amides is 2. The van der Waals surface area contributed by atoms with Crippen molar-refractivity contribution >= 4 is 29.0 Å². The zero-order valence-electron chi connectivity index (χ0n) is 12.8. The molecule has 112 valence electrons. The summed E-state index contributed by atoms with van der Waals surface area (Å²) >= 11 is 1.04. The highest BCUT2D eigenvalue weighted by Crippen LogP contribution is 2.32. The number of nitrogens with zero attached hydrogens (tertiary/aromatic N) is 1. The molecule has 2 amide bonds. The third-order valence-corrected chi connectivity index (χ3v) is 4.42. The highest BCUT2D eigenvalue weighted by atomic mass is 32.2. The molecule has 0 radical (unpaired) electrons. The van der Waals surface area contributed by atoms with Crippen molar-refractivity contribution in [2.24, 2.45) is 0 Å². The molecular weight excluding hydrogens is 282 g/mol. The Bertz CT molecular complexity index is 561. The largest absolute Gasteiger partial charge is 0.293 e. The van der Waals surface area contributed by atoms with E-state index in [-0.39, 0.29) is 11.1 Å². The molecule has 1 fully saturated rings. The van der Waals surface area contributed by atoms with E-state index < -0.39 is 0 Å². The SMILES string of the molecule is CCCCN1C(=O)S/C(=C\c2ccc(C(C)C)cc2)C1=O. The summed E-state index contributed by atoms with van der Waals surface area (Å²) in [6, 6.07) is 8.13. The van der Waals surface area contributed by atoms with E-state index in [1.165, 1.54) is 10.5 Å². The zero-order valence-corrected chi connectivity index (χ0v) is 13.6. The van der Waals surface area contributed by atoms with Crippen molar-refractivity contribution in [3.63, 3.8) is 0 Å². The first kappa shape index (κ1) is 15.8. The summed E-state index contributed by atoms with van der Waals surface area (Å²) in [5, 5.41) is -0.154. The van der Waals surface area contributed by atoms with Crippen LogP contribution in [-0.2, 0) is 4.79 Å². The van der Waals surface area contributed by atoms with Crippen LogP contribution in [0, 0.1) is 0 Å². The van der Waals surface area contributed by atoms with Gasteiger partial charge in [-0.15, -0.1) is 0 Å². The van der Waals surface area contributed by atoms with Crippen LogP contribution in [0.1, 0.15) is 50.7 Å². The van der Waals surface area contributed by atoms with Gasteiger partial charge >= 0.3 is 0 Å². The first-order valence-corrected chi connectivity index (χ1v) is 8.20. The van der Waals surface area contributed by atoms with Gasteiger partial charge in [-0.3, -0.25) is 14.5 Å². The molecule has 0 bridgehead atoms. The fourth-order valence-corrected chi connectivity index (χ4v) is 3.00. The average molecular weight is 303 g/mol. The van der Waals surface area contributed by atoms with Gasteiger partial charge in [-0.1, -0.05) is 51.5 Å². The third kappa shape index (κ3) is 3.76. The lowest BCUT2D eigenvalue weighted by Crippen LogP contribution is -2.29. The molecule has 0 unspecified atom stereocenters. The second-order valence-corrected chi connectivity index (χ2v) is 6.50. The Kier molecular flexibility index (Phi) is 5.23. The fraction of sp³-hybridized carbons (Fsp3) is 0.412. The number of benzene rings is 1. The van der Waals surface area contributed by atoms with Crippen molar-refractivity contribution in [3.8, 4) is 0 Å². The van der Waals surface area contributed by atoms with Crippen molar-refractivity contribution in [1.29, 1.82) is 0 Å². The first-order valence-electron chi connectivity index (χ1n) is 7.38. The highest BCUT2D eigenvalue weighted by Gasteiger charge is 2.34. The molecule has 1 aromatic rings. The number of imide groups is 1. The van der Waals surface area contributed by atoms with Crippen LogP contribution in [-0.4, -0.2) is 22.6 Å². The van der Waals surface area contributed by atoms with Crippen molar-refractivity contribution in [2.45, 2.75) is 39.5 Å². The predicted molar refractivity (Wildman–Crippen MR) is 88.1 cm³/mol. The van der Waals surface area contributed by atoms with Crippen molar-refractivity contribution in [1.82, 2.24) is 4.90 Å². The van der Waals surface area contributed by atoms with E-state index in [2.05, 4.69) is 26.0 Å². The van der Waals surface area contributed by atoms with Gasteiger partial charge in [0, 0.05) is 6.54 Å². The molecule has 0 spiro atoms. The van der Waals surface area contributed by atoms with Crippen molar-refractivity contribution < 1.29 is 9.59 Å². The summed E-state index contributed by atoms with van der Waals surface area (Å²) in [5.41, 5.74) is 2.23. The maximum absolute atomic E-state index is 12.2. The van der Waals surface area contributed by atoms with Crippen molar-refractivity contribution in [3.05, 3.63) is 40.3 Å². The number of thioether (sulfide) groups is 1. The minimum atomic E-state index is -0.161. The van der Waals surface area contributed by atoms with Crippen LogP contribution < -0.4 is 0 Å². The quantitative estimate of drug-likeness (QED) is 0.743. The molecule has 1 aliphatic rings. The Labute approximate surface area is 130 Å². The summed E-state index contributed by atoms with van der Waals surface area (Å²) < 4.78 is 0. The van der Waals surface area contributed by atoms with Crippen LogP contribution >= 0.6 is 11.8 Å². The van der Waals surface area contributed by atoms with Gasteiger partial charge in [-0.05, 0) is 41.3 Å². The monoisotopic (exact) mass is 303 g/mol. The van der Waals surface area contributed by atoms with Crippen LogP contribution in [0.4, 0.5) is 4.79 Å². The van der Waals surface area contributed by atoms with Crippen LogP contribution in [0.5, 0.6) is 0 Å². The molecule has 2 rings (SSSR count). The number of rotatable bonds is 5. The van der Waals surface area contributed by atoms with Gasteiger partial charge in [0.05, 0.1) is 4.91 Å². The summed E-state index contributed by atoms with van der Waals surface area (Å²) in [4.78, 5) is 26.0. The smallest absolute Gasteiger partial charge is 0.268 e. The second-order valence-electron chi connectivity index (χ2n) is 5.51. The molecule has 0 saturated carbocycles. The van der Waals surface area contributed by atoms with Crippen LogP contribution in [0.25, 0.3) is 6.08 Å². The molecule has 21 heavy (non-hydrogen) atoms. The Balaban J connectivity index is 2.14. The van der Waals surface area contributed by atoms with Gasteiger partial charge in [0.2, 0.25) is 0 Å². The third-order valence-electron chi connectivity index (χ3n) is 3.51. The average Bonchev–Trinajstić information content (AvgIpc) is 2.72. The normalized spacial score (nSPS) is 17.3. The lowest BCUT2D eigenvalue weighted by atomic mass is 10.0. The number of unbranched alkanes of at least 4 members (excludes halogenated alkanes) is 1. The number of hydrogen-bond acceptors (Lipinski definition) is 3. The van der Waals surface area contributed by atoms with Gasteiger partial charge in [-0.2, -0.15) is 0 Å². The Morgan fingerprint density at radius 2 is 1.86 bits per heavy atom. The fourth-order valence-electron chi connectivity index (χ4n) is 2.14. The van der Waals surface area contributed by atoms with Crippen LogP contribution in [0.15, 0.2) is 29.2 Å². The summed E-state index contributed by atoms with van der Waals surface area (Å²) in [6.45, 7) is 6.86. The van der Waals surface area contributed by atoms with Gasteiger partial charge < -0.3 is 0 Å². The topological polar surface area (TPSA) is 37.4 Å². The summed E-state index contributed by atoms with van der Waals surface area (Å²) in [6.07, 6.45) is 3.63. The minimum Gasteiger partial charge on any atom is -0.268 e. The van der Waals surface area contributed by atoms with E-state index in [0.717, 1.165) is 30.2 Å². The Hall–Kier alpha value is -1.55. The summed E-state index contributed by atoms with van der Waals surface area (Å²) in [5.74, 6) is 0.326. The Morgan fingerprint density at radius 3 is 2.43 bits per heavy atom. The molecule has 0 aliphatic carbocycles. The lowest BCUT2D eigenvalue weighted by molar-refractivity contribution is -0.122. The minimum absolute atomic E-state index is 0.154. The van der Waals surface area contributed by atoms with Gasteiger partial charge in [-0.25, -0.2) is 0 Å². The molecule has 1 aromatic carbocycles. The lowest BCUT2D eigenvalue weighted by Gasteiger charge is -2.10. The first-order chi connectivity index (χ1) is 10.0. The van der Waals surface area contributed by atoms with E-state index in [0.29, 0.717) is 17.4 Å². The number of carbonyl (C=O) groups excluding carboxylic acids is 2. The maximum atomic E-state index is 12.2. The van der Waals surface area contributed by atoms with Gasteiger partial charge in [0.1, 0.15) is 0 Å². The molecule has 0 atom stereocenters. The number of carbonyl (C=O) groups is 2. The van der Waals surface area contributed by atoms with E-state index in [1.807, 2.05) is 19.1 Å². The van der Waals surface area contributed by atoms with E-state index in [1.54, 1.807) is 6.08 Å². The van der Waals surface area contributed by atoms with Crippen LogP contribution in [0.2, 0.25) is 0 Å². The molecule has 0 N–H and O–H groups in total. The second kappa shape index (κ2) is 6.94. The predicted octanol–water partition coefficient (Wildman–Crippen LogP) is 4.65. The Morgan fingerprint density at radius 1 is 1.19 bits per heavy atom. The molecule has 1 aliphatic heterocycles. The maximum Gasteiger partial charge on any atom is 0.293 e. The van der Waals surface area contributed by atoms with E-state index in [9.17, 15) is 9.59 Å².